The molecule has 5 heteroatoms. The molecule has 88 valence electrons. The van der Waals surface area contributed by atoms with Crippen LogP contribution in [-0.4, -0.2) is 23.8 Å². The molecule has 1 aromatic rings. The van der Waals surface area contributed by atoms with E-state index in [1.165, 1.54) is 18.9 Å². The summed E-state index contributed by atoms with van der Waals surface area (Å²) in [6.45, 7) is 1.92. The third-order valence-electron chi connectivity index (χ3n) is 2.07. The fraction of sp³-hybridized carbons (Fsp3) is 0.455. The minimum Gasteiger partial charge on any atom is -0.469 e. The molecule has 0 aromatic carbocycles. The summed E-state index contributed by atoms with van der Waals surface area (Å²) in [6, 6.07) is 3.88. The second-order valence-corrected chi connectivity index (χ2v) is 4.51. The van der Waals surface area contributed by atoms with Gasteiger partial charge in [0.2, 0.25) is 0 Å². The van der Waals surface area contributed by atoms with Crippen LogP contribution in [0.25, 0.3) is 0 Å². The Balaban J connectivity index is 2.40. The van der Waals surface area contributed by atoms with Gasteiger partial charge in [0.1, 0.15) is 0 Å². The smallest absolute Gasteiger partial charge is 0.306 e. The van der Waals surface area contributed by atoms with Gasteiger partial charge in [0.15, 0.2) is 0 Å². The van der Waals surface area contributed by atoms with Crippen LogP contribution in [0.5, 0.6) is 0 Å². The molecule has 0 spiro atoms. The van der Waals surface area contributed by atoms with Gasteiger partial charge in [-0.05, 0) is 18.6 Å². The Labute approximate surface area is 99.6 Å². The molecule has 0 radical (unpaired) electrons. The largest absolute Gasteiger partial charge is 0.469 e. The molecular weight excluding hydrogens is 224 g/mol. The van der Waals surface area contributed by atoms with Gasteiger partial charge in [-0.2, -0.15) is 0 Å². The molecular formula is C11H16N2O2S. The summed E-state index contributed by atoms with van der Waals surface area (Å²) in [5.74, 6) is 0.483. The molecule has 0 fully saturated rings. The van der Waals surface area contributed by atoms with Gasteiger partial charge in [-0.15, -0.1) is 11.8 Å². The van der Waals surface area contributed by atoms with Crippen LogP contribution in [0.15, 0.2) is 23.4 Å². The lowest BCUT2D eigenvalue weighted by Crippen LogP contribution is -2.05. The Morgan fingerprint density at radius 2 is 2.38 bits per heavy atom. The molecule has 0 aliphatic carbocycles. The lowest BCUT2D eigenvalue weighted by atomic mass is 10.2. The van der Waals surface area contributed by atoms with Crippen molar-refractivity contribution in [2.75, 3.05) is 12.9 Å². The van der Waals surface area contributed by atoms with Crippen LogP contribution in [0.4, 0.5) is 0 Å². The van der Waals surface area contributed by atoms with Crippen molar-refractivity contribution in [3.8, 4) is 0 Å². The van der Waals surface area contributed by atoms with Gasteiger partial charge in [0, 0.05) is 18.0 Å². The van der Waals surface area contributed by atoms with Crippen LogP contribution in [-0.2, 0) is 9.53 Å². The van der Waals surface area contributed by atoms with Gasteiger partial charge in [0.05, 0.1) is 18.6 Å². The second kappa shape index (κ2) is 6.50. The number of esters is 1. The zero-order chi connectivity index (χ0) is 12.0. The maximum atomic E-state index is 10.9. The van der Waals surface area contributed by atoms with Crippen LogP contribution in [0.1, 0.15) is 24.9 Å². The minimum atomic E-state index is -0.195. The number of ether oxygens (including phenoxy) is 1. The Hall–Kier alpha value is -1.07. The Morgan fingerprint density at radius 3 is 2.88 bits per heavy atom. The monoisotopic (exact) mass is 240 g/mol. The van der Waals surface area contributed by atoms with Crippen molar-refractivity contribution in [1.82, 2.24) is 4.98 Å². The van der Waals surface area contributed by atoms with Gasteiger partial charge < -0.3 is 10.5 Å². The molecule has 1 aromatic heterocycles. The summed E-state index contributed by atoms with van der Waals surface area (Å²) in [5.41, 5.74) is 6.73. The highest BCUT2D eigenvalue weighted by Crippen LogP contribution is 2.18. The lowest BCUT2D eigenvalue weighted by molar-refractivity contribution is -0.140. The molecule has 0 saturated carbocycles. The van der Waals surface area contributed by atoms with E-state index < -0.39 is 0 Å². The molecule has 4 nitrogen and oxygen atoms in total. The van der Waals surface area contributed by atoms with Gasteiger partial charge in [-0.25, -0.2) is 4.98 Å². The Bertz CT molecular complexity index is 338. The molecule has 16 heavy (non-hydrogen) atoms. The predicted molar refractivity (Wildman–Crippen MR) is 64.2 cm³/mol. The molecule has 1 heterocycles. The number of thioether (sulfide) groups is 1. The number of hydrogen-bond acceptors (Lipinski definition) is 5. The second-order valence-electron chi connectivity index (χ2n) is 3.39. The zero-order valence-electron chi connectivity index (χ0n) is 9.47. The summed E-state index contributed by atoms with van der Waals surface area (Å²) in [6.07, 6.45) is 2.17. The van der Waals surface area contributed by atoms with Gasteiger partial charge in [-0.1, -0.05) is 6.07 Å². The van der Waals surface area contributed by atoms with E-state index in [0.717, 1.165) is 10.6 Å². The molecule has 2 N–H and O–H groups in total. The molecule has 0 aliphatic heterocycles. The molecule has 0 bridgehead atoms. The number of nitrogens with zero attached hydrogens (tertiary/aromatic N) is 1. The molecule has 0 saturated heterocycles. The number of rotatable bonds is 5. The highest BCUT2D eigenvalue weighted by Gasteiger charge is 2.03. The van der Waals surface area contributed by atoms with E-state index in [1.54, 1.807) is 6.20 Å². The predicted octanol–water partition coefficient (Wildman–Crippen LogP) is 1.76. The maximum Gasteiger partial charge on any atom is 0.306 e. The van der Waals surface area contributed by atoms with E-state index in [2.05, 4.69) is 9.72 Å². The normalized spacial score (nSPS) is 12.2. The number of methoxy groups -OCH3 is 1. The minimum absolute atomic E-state index is 0.00150. The van der Waals surface area contributed by atoms with Crippen molar-refractivity contribution in [2.45, 2.75) is 24.4 Å². The van der Waals surface area contributed by atoms with Crippen LogP contribution in [0, 0.1) is 0 Å². The Kier molecular flexibility index (Phi) is 5.28. The van der Waals surface area contributed by atoms with Crippen molar-refractivity contribution in [1.29, 1.82) is 0 Å². The van der Waals surface area contributed by atoms with Crippen LogP contribution < -0.4 is 5.73 Å². The maximum absolute atomic E-state index is 10.9. The van der Waals surface area contributed by atoms with Crippen molar-refractivity contribution >= 4 is 17.7 Å². The summed E-state index contributed by atoms with van der Waals surface area (Å²) in [4.78, 5) is 15.1. The highest BCUT2D eigenvalue weighted by molar-refractivity contribution is 7.99. The van der Waals surface area contributed by atoms with Gasteiger partial charge in [-0.3, -0.25) is 4.79 Å². The van der Waals surface area contributed by atoms with Crippen LogP contribution in [0.3, 0.4) is 0 Å². The first kappa shape index (κ1) is 13.0. The van der Waals surface area contributed by atoms with Crippen molar-refractivity contribution < 1.29 is 9.53 Å². The number of nitrogens with two attached hydrogens (primary N) is 1. The quantitative estimate of drug-likeness (QED) is 0.627. The zero-order valence-corrected chi connectivity index (χ0v) is 10.3. The summed E-state index contributed by atoms with van der Waals surface area (Å²) >= 11 is 1.53. The summed E-state index contributed by atoms with van der Waals surface area (Å²) in [7, 11) is 1.39. The number of aromatic nitrogens is 1. The fourth-order valence-corrected chi connectivity index (χ4v) is 1.86. The molecule has 1 rings (SSSR count). The standard InChI is InChI=1S/C11H16N2O2S/c1-8(12)9-3-4-10(13-7-9)16-6-5-11(14)15-2/h3-4,7-8H,5-6,12H2,1-2H3/t8-/m0/s1. The molecule has 0 aliphatic rings. The van der Waals surface area contributed by atoms with Crippen LogP contribution >= 0.6 is 11.8 Å². The molecule has 1 atom stereocenters. The van der Waals surface area contributed by atoms with E-state index >= 15 is 0 Å². The number of hydrogen-bond donors (Lipinski definition) is 1. The SMILES string of the molecule is COC(=O)CCSc1ccc([C@H](C)N)cn1. The van der Waals surface area contributed by atoms with E-state index in [1.807, 2.05) is 19.1 Å². The average Bonchev–Trinajstić information content (AvgIpc) is 2.29. The molecule has 0 unspecified atom stereocenters. The van der Waals surface area contributed by atoms with Crippen LogP contribution in [0.2, 0.25) is 0 Å². The first-order valence-corrected chi connectivity index (χ1v) is 6.03. The van der Waals surface area contributed by atoms with Crippen molar-refractivity contribution in [3.63, 3.8) is 0 Å². The third-order valence-corrected chi connectivity index (χ3v) is 3.01. The summed E-state index contributed by atoms with van der Waals surface area (Å²) < 4.78 is 4.55. The number of carbonyl (C=O) groups excluding carboxylic acids is 1. The topological polar surface area (TPSA) is 65.2 Å². The van der Waals surface area contributed by atoms with E-state index in [9.17, 15) is 4.79 Å². The summed E-state index contributed by atoms with van der Waals surface area (Å²) in [5, 5.41) is 0.897. The van der Waals surface area contributed by atoms with Crippen molar-refractivity contribution in [2.24, 2.45) is 5.73 Å². The van der Waals surface area contributed by atoms with E-state index in [0.29, 0.717) is 12.2 Å². The fourth-order valence-electron chi connectivity index (χ4n) is 1.09. The average molecular weight is 240 g/mol. The number of pyridine rings is 1. The lowest BCUT2D eigenvalue weighted by Gasteiger charge is -2.05. The van der Waals surface area contributed by atoms with E-state index in [4.69, 9.17) is 5.73 Å². The first-order chi connectivity index (χ1) is 7.63. The van der Waals surface area contributed by atoms with Gasteiger partial charge >= 0.3 is 5.97 Å². The highest BCUT2D eigenvalue weighted by atomic mass is 32.2. The molecule has 0 amide bonds. The van der Waals surface area contributed by atoms with E-state index in [-0.39, 0.29) is 12.0 Å². The third kappa shape index (κ3) is 4.20. The van der Waals surface area contributed by atoms with Crippen molar-refractivity contribution in [3.05, 3.63) is 23.9 Å². The Morgan fingerprint density at radius 1 is 1.62 bits per heavy atom. The number of carbonyl (C=O) groups is 1. The first-order valence-electron chi connectivity index (χ1n) is 5.04. The van der Waals surface area contributed by atoms with Gasteiger partial charge in [0.25, 0.3) is 0 Å².